The van der Waals surface area contributed by atoms with Gasteiger partial charge in [0.25, 0.3) is 0 Å². The van der Waals surface area contributed by atoms with Crippen LogP contribution in [0.1, 0.15) is 12.8 Å². The number of anilines is 1. The molecule has 0 unspecified atom stereocenters. The fourth-order valence-corrected chi connectivity index (χ4v) is 1.29. The van der Waals surface area contributed by atoms with Crippen molar-refractivity contribution in [1.82, 2.24) is 10.2 Å². The molecule has 0 aliphatic carbocycles. The van der Waals surface area contributed by atoms with Gasteiger partial charge in [-0.15, -0.1) is 10.2 Å². The van der Waals surface area contributed by atoms with Gasteiger partial charge in [0.2, 0.25) is 0 Å². The van der Waals surface area contributed by atoms with Crippen molar-refractivity contribution in [2.24, 2.45) is 0 Å². The minimum absolute atomic E-state index is 0.199. The first-order chi connectivity index (χ1) is 7.63. The van der Waals surface area contributed by atoms with E-state index in [2.05, 4.69) is 14.9 Å². The molecule has 0 aliphatic rings. The largest absolute Gasteiger partial charge is 0.469 e. The molecule has 0 aromatic carbocycles. The van der Waals surface area contributed by atoms with Crippen LogP contribution in [-0.4, -0.2) is 36.9 Å². The van der Waals surface area contributed by atoms with Crippen LogP contribution in [0.25, 0.3) is 0 Å². The third-order valence-electron chi connectivity index (χ3n) is 2.11. The summed E-state index contributed by atoms with van der Waals surface area (Å²) in [6.45, 7) is 0.714. The minimum Gasteiger partial charge on any atom is -0.469 e. The fourth-order valence-electron chi connectivity index (χ4n) is 1.19. The second-order valence-electron chi connectivity index (χ2n) is 3.32. The second-order valence-corrected chi connectivity index (χ2v) is 3.70. The van der Waals surface area contributed by atoms with Gasteiger partial charge in [-0.3, -0.25) is 4.79 Å². The standard InChI is InChI=1S/C10H14ClN3O2/c1-14(7-3-4-10(15)16-2)9-6-5-8(11)12-13-9/h5-6H,3-4,7H2,1-2H3. The van der Waals surface area contributed by atoms with Crippen molar-refractivity contribution >= 4 is 23.4 Å². The lowest BCUT2D eigenvalue weighted by atomic mass is 10.3. The molecule has 0 bridgehead atoms. The summed E-state index contributed by atoms with van der Waals surface area (Å²) >= 11 is 5.63. The number of rotatable bonds is 5. The molecule has 5 nitrogen and oxygen atoms in total. The maximum atomic E-state index is 10.9. The molecule has 16 heavy (non-hydrogen) atoms. The summed E-state index contributed by atoms with van der Waals surface area (Å²) in [4.78, 5) is 12.8. The molecule has 0 saturated carbocycles. The zero-order valence-corrected chi connectivity index (χ0v) is 10.1. The van der Waals surface area contributed by atoms with Crippen LogP contribution in [-0.2, 0) is 9.53 Å². The Labute approximate surface area is 99.4 Å². The van der Waals surface area contributed by atoms with Crippen molar-refractivity contribution < 1.29 is 9.53 Å². The van der Waals surface area contributed by atoms with Crippen LogP contribution in [0.2, 0.25) is 5.15 Å². The predicted octanol–water partition coefficient (Wildman–Crippen LogP) is 1.52. The first-order valence-electron chi connectivity index (χ1n) is 4.90. The number of ether oxygens (including phenoxy) is 1. The Morgan fingerprint density at radius 1 is 1.50 bits per heavy atom. The van der Waals surface area contributed by atoms with E-state index >= 15 is 0 Å². The number of hydrogen-bond acceptors (Lipinski definition) is 5. The molecular formula is C10H14ClN3O2. The van der Waals surface area contributed by atoms with E-state index < -0.39 is 0 Å². The molecule has 0 spiro atoms. The minimum atomic E-state index is -0.199. The normalized spacial score (nSPS) is 9.94. The summed E-state index contributed by atoms with van der Waals surface area (Å²) in [5.41, 5.74) is 0. The Morgan fingerprint density at radius 2 is 2.25 bits per heavy atom. The Balaban J connectivity index is 2.37. The highest BCUT2D eigenvalue weighted by atomic mass is 35.5. The SMILES string of the molecule is COC(=O)CCCN(C)c1ccc(Cl)nn1. The van der Waals surface area contributed by atoms with Crippen LogP contribution in [0.15, 0.2) is 12.1 Å². The number of carbonyl (C=O) groups excluding carboxylic acids is 1. The van der Waals surface area contributed by atoms with Crippen molar-refractivity contribution in [2.45, 2.75) is 12.8 Å². The molecule has 0 atom stereocenters. The van der Waals surface area contributed by atoms with Gasteiger partial charge in [-0.2, -0.15) is 0 Å². The number of nitrogens with zero attached hydrogens (tertiary/aromatic N) is 3. The lowest BCUT2D eigenvalue weighted by Gasteiger charge is -2.16. The van der Waals surface area contributed by atoms with Gasteiger partial charge in [-0.25, -0.2) is 0 Å². The van der Waals surface area contributed by atoms with Crippen LogP contribution in [0.3, 0.4) is 0 Å². The molecule has 1 aromatic rings. The number of methoxy groups -OCH3 is 1. The van der Waals surface area contributed by atoms with Gasteiger partial charge >= 0.3 is 5.97 Å². The molecule has 1 heterocycles. The second kappa shape index (κ2) is 6.27. The molecule has 6 heteroatoms. The van der Waals surface area contributed by atoms with Crippen LogP contribution in [0.4, 0.5) is 5.82 Å². The molecular weight excluding hydrogens is 230 g/mol. The van der Waals surface area contributed by atoms with Crippen molar-refractivity contribution in [1.29, 1.82) is 0 Å². The van der Waals surface area contributed by atoms with Crippen LogP contribution in [0, 0.1) is 0 Å². The molecule has 0 fully saturated rings. The Hall–Kier alpha value is -1.36. The highest BCUT2D eigenvalue weighted by molar-refractivity contribution is 6.29. The highest BCUT2D eigenvalue weighted by Gasteiger charge is 2.05. The van der Waals surface area contributed by atoms with Gasteiger partial charge in [-0.05, 0) is 18.6 Å². The van der Waals surface area contributed by atoms with E-state index in [0.29, 0.717) is 24.5 Å². The fraction of sp³-hybridized carbons (Fsp3) is 0.500. The first kappa shape index (κ1) is 12.7. The maximum absolute atomic E-state index is 10.9. The molecule has 0 radical (unpaired) electrons. The molecule has 1 rings (SSSR count). The van der Waals surface area contributed by atoms with Gasteiger partial charge in [0.15, 0.2) is 11.0 Å². The zero-order valence-electron chi connectivity index (χ0n) is 9.31. The molecule has 88 valence electrons. The number of halogens is 1. The average Bonchev–Trinajstić information content (AvgIpc) is 2.29. The summed E-state index contributed by atoms with van der Waals surface area (Å²) in [7, 11) is 3.27. The van der Waals surface area contributed by atoms with Crippen molar-refractivity contribution in [3.63, 3.8) is 0 Å². The zero-order chi connectivity index (χ0) is 12.0. The van der Waals surface area contributed by atoms with Crippen LogP contribution < -0.4 is 4.90 Å². The summed E-state index contributed by atoms with van der Waals surface area (Å²) in [5.74, 6) is 0.532. The van der Waals surface area contributed by atoms with E-state index in [1.165, 1.54) is 7.11 Å². The van der Waals surface area contributed by atoms with Crippen molar-refractivity contribution in [3.05, 3.63) is 17.3 Å². The van der Waals surface area contributed by atoms with Gasteiger partial charge in [0.1, 0.15) is 0 Å². The third-order valence-corrected chi connectivity index (χ3v) is 2.31. The van der Waals surface area contributed by atoms with Gasteiger partial charge in [0.05, 0.1) is 7.11 Å². The monoisotopic (exact) mass is 243 g/mol. The van der Waals surface area contributed by atoms with Gasteiger partial charge in [0, 0.05) is 20.0 Å². The van der Waals surface area contributed by atoms with E-state index in [1.807, 2.05) is 11.9 Å². The van der Waals surface area contributed by atoms with Crippen molar-refractivity contribution in [3.8, 4) is 0 Å². The number of carbonyl (C=O) groups is 1. The van der Waals surface area contributed by atoms with E-state index in [4.69, 9.17) is 11.6 Å². The predicted molar refractivity (Wildman–Crippen MR) is 61.6 cm³/mol. The van der Waals surface area contributed by atoms with E-state index in [9.17, 15) is 4.79 Å². The first-order valence-corrected chi connectivity index (χ1v) is 5.28. The molecule has 0 N–H and O–H groups in total. The smallest absolute Gasteiger partial charge is 0.305 e. The topological polar surface area (TPSA) is 55.3 Å². The summed E-state index contributed by atoms with van der Waals surface area (Å²) in [6.07, 6.45) is 1.12. The highest BCUT2D eigenvalue weighted by Crippen LogP contribution is 2.10. The Bertz CT molecular complexity index is 342. The number of hydrogen-bond donors (Lipinski definition) is 0. The average molecular weight is 244 g/mol. The summed E-state index contributed by atoms with van der Waals surface area (Å²) in [5, 5.41) is 8.03. The third kappa shape index (κ3) is 4.02. The lowest BCUT2D eigenvalue weighted by Crippen LogP contribution is -2.20. The van der Waals surface area contributed by atoms with Gasteiger partial charge < -0.3 is 9.64 Å². The summed E-state index contributed by atoms with van der Waals surface area (Å²) in [6, 6.07) is 3.47. The lowest BCUT2D eigenvalue weighted by molar-refractivity contribution is -0.140. The number of esters is 1. The summed E-state index contributed by atoms with van der Waals surface area (Å²) < 4.78 is 4.55. The quantitative estimate of drug-likeness (QED) is 0.734. The maximum Gasteiger partial charge on any atom is 0.305 e. The Kier molecular flexibility index (Phi) is 4.98. The molecule has 0 amide bonds. The molecule has 0 saturated heterocycles. The Morgan fingerprint density at radius 3 is 2.81 bits per heavy atom. The van der Waals surface area contributed by atoms with Gasteiger partial charge in [-0.1, -0.05) is 11.6 Å². The number of aromatic nitrogens is 2. The van der Waals surface area contributed by atoms with E-state index in [-0.39, 0.29) is 5.97 Å². The van der Waals surface area contributed by atoms with Crippen LogP contribution in [0.5, 0.6) is 0 Å². The van der Waals surface area contributed by atoms with Crippen molar-refractivity contribution in [2.75, 3.05) is 25.6 Å². The molecule has 1 aromatic heterocycles. The molecule has 0 aliphatic heterocycles. The van der Waals surface area contributed by atoms with E-state index in [1.54, 1.807) is 12.1 Å². The van der Waals surface area contributed by atoms with Crippen LogP contribution >= 0.6 is 11.6 Å². The van der Waals surface area contributed by atoms with E-state index in [0.717, 1.165) is 5.82 Å².